The molecule has 1 amide bonds. The van der Waals surface area contributed by atoms with Gasteiger partial charge in [-0.25, -0.2) is 0 Å². The van der Waals surface area contributed by atoms with Crippen molar-refractivity contribution < 1.29 is 22.4 Å². The number of hydrogen-bond acceptors (Lipinski definition) is 5. The fourth-order valence-corrected chi connectivity index (χ4v) is 3.01. The van der Waals surface area contributed by atoms with Crippen molar-refractivity contribution in [2.45, 2.75) is 11.4 Å². The predicted molar refractivity (Wildman–Crippen MR) is 101 cm³/mol. The third-order valence-electron chi connectivity index (χ3n) is 3.39. The molecule has 0 aliphatic rings. The zero-order valence-corrected chi connectivity index (χ0v) is 16.1. The van der Waals surface area contributed by atoms with Crippen molar-refractivity contribution in [3.8, 4) is 11.5 Å². The smallest absolute Gasteiger partial charge is 0.411 e. The average molecular weight is 448 g/mol. The fourth-order valence-electron chi connectivity index (χ4n) is 2.15. The molecule has 0 saturated carbocycles. The van der Waals surface area contributed by atoms with E-state index in [2.05, 4.69) is 15.5 Å². The molecule has 28 heavy (non-hydrogen) atoms. The van der Waals surface area contributed by atoms with E-state index in [1.54, 1.807) is 24.3 Å². The number of benzene rings is 2. The van der Waals surface area contributed by atoms with Gasteiger partial charge in [0.15, 0.2) is 0 Å². The normalized spacial score (nSPS) is 11.5. The summed E-state index contributed by atoms with van der Waals surface area (Å²) in [6.45, 7) is 0. The Morgan fingerprint density at radius 2 is 1.75 bits per heavy atom. The summed E-state index contributed by atoms with van der Waals surface area (Å²) in [5, 5.41) is 10.4. The van der Waals surface area contributed by atoms with Crippen LogP contribution >= 0.6 is 35.0 Å². The molecule has 1 aromatic heterocycles. The number of nitrogens with one attached hydrogen (secondary N) is 1. The Labute approximate surface area is 171 Å². The summed E-state index contributed by atoms with van der Waals surface area (Å²) in [4.78, 5) is 12.0. The molecule has 0 radical (unpaired) electrons. The number of thioether (sulfide) groups is 1. The third kappa shape index (κ3) is 5.18. The van der Waals surface area contributed by atoms with E-state index in [9.17, 15) is 18.0 Å². The van der Waals surface area contributed by atoms with Crippen LogP contribution in [0.15, 0.2) is 52.1 Å². The Balaban J connectivity index is 1.63. The SMILES string of the molecule is O=C(CSc1nnc(-c2ccc(Cl)cc2)o1)Nc1ccc(Cl)cc1C(F)(F)F. The van der Waals surface area contributed by atoms with E-state index < -0.39 is 17.6 Å². The topological polar surface area (TPSA) is 68.0 Å². The van der Waals surface area contributed by atoms with Gasteiger partial charge in [0.05, 0.1) is 17.0 Å². The van der Waals surface area contributed by atoms with Crippen molar-refractivity contribution in [1.29, 1.82) is 0 Å². The van der Waals surface area contributed by atoms with Crippen LogP contribution in [-0.4, -0.2) is 21.9 Å². The molecule has 146 valence electrons. The number of carbonyl (C=O) groups excluding carboxylic acids is 1. The van der Waals surface area contributed by atoms with Crippen LogP contribution < -0.4 is 5.32 Å². The fraction of sp³-hybridized carbons (Fsp3) is 0.118. The van der Waals surface area contributed by atoms with Crippen LogP contribution in [0.4, 0.5) is 18.9 Å². The first-order valence-electron chi connectivity index (χ1n) is 7.61. The Bertz CT molecular complexity index is 994. The summed E-state index contributed by atoms with van der Waals surface area (Å²) in [6.07, 6.45) is -4.65. The van der Waals surface area contributed by atoms with Gasteiger partial charge in [-0.15, -0.1) is 10.2 Å². The maximum Gasteiger partial charge on any atom is 0.418 e. The summed E-state index contributed by atoms with van der Waals surface area (Å²) in [5.41, 5.74) is -0.764. The summed E-state index contributed by atoms with van der Waals surface area (Å²) < 4.78 is 44.6. The van der Waals surface area contributed by atoms with E-state index in [4.69, 9.17) is 27.6 Å². The van der Waals surface area contributed by atoms with Crippen LogP contribution in [0, 0.1) is 0 Å². The van der Waals surface area contributed by atoms with E-state index in [1.807, 2.05) is 0 Å². The summed E-state index contributed by atoms with van der Waals surface area (Å²) in [7, 11) is 0. The lowest BCUT2D eigenvalue weighted by molar-refractivity contribution is -0.137. The molecule has 0 aliphatic carbocycles. The Hall–Kier alpha value is -2.23. The molecule has 2 aromatic carbocycles. The van der Waals surface area contributed by atoms with Gasteiger partial charge in [-0.3, -0.25) is 4.79 Å². The third-order valence-corrected chi connectivity index (χ3v) is 4.69. The number of aromatic nitrogens is 2. The number of carbonyl (C=O) groups is 1. The highest BCUT2D eigenvalue weighted by molar-refractivity contribution is 7.99. The number of alkyl halides is 3. The number of rotatable bonds is 5. The van der Waals surface area contributed by atoms with Crippen molar-refractivity contribution in [2.75, 3.05) is 11.1 Å². The Morgan fingerprint density at radius 1 is 1.07 bits per heavy atom. The summed E-state index contributed by atoms with van der Waals surface area (Å²) in [6, 6.07) is 9.81. The number of nitrogens with zero attached hydrogens (tertiary/aromatic N) is 2. The number of anilines is 1. The molecular formula is C17H10Cl2F3N3O2S. The lowest BCUT2D eigenvalue weighted by atomic mass is 10.1. The summed E-state index contributed by atoms with van der Waals surface area (Å²) in [5.74, 6) is -0.650. The molecule has 1 heterocycles. The molecule has 0 spiro atoms. The van der Waals surface area contributed by atoms with Gasteiger partial charge >= 0.3 is 6.18 Å². The van der Waals surface area contributed by atoms with Crippen LogP contribution in [0.2, 0.25) is 10.0 Å². The first-order valence-corrected chi connectivity index (χ1v) is 9.35. The molecular weight excluding hydrogens is 438 g/mol. The maximum atomic E-state index is 13.1. The van der Waals surface area contributed by atoms with E-state index in [1.165, 1.54) is 6.07 Å². The second-order valence-corrected chi connectivity index (χ2v) is 7.20. The molecule has 11 heteroatoms. The Morgan fingerprint density at radius 3 is 2.43 bits per heavy atom. The number of amides is 1. The molecule has 3 aromatic rings. The second-order valence-electron chi connectivity index (χ2n) is 5.40. The molecule has 0 saturated heterocycles. The monoisotopic (exact) mass is 447 g/mol. The molecule has 0 bridgehead atoms. The van der Waals surface area contributed by atoms with Crippen LogP contribution in [0.25, 0.3) is 11.5 Å². The highest BCUT2D eigenvalue weighted by Crippen LogP contribution is 2.36. The van der Waals surface area contributed by atoms with Crippen LogP contribution in [0.3, 0.4) is 0 Å². The van der Waals surface area contributed by atoms with Gasteiger partial charge in [0.25, 0.3) is 5.22 Å². The quantitative estimate of drug-likeness (QED) is 0.501. The van der Waals surface area contributed by atoms with Gasteiger partial charge in [0.1, 0.15) is 0 Å². The van der Waals surface area contributed by atoms with Crippen molar-refractivity contribution in [3.63, 3.8) is 0 Å². The zero-order valence-electron chi connectivity index (χ0n) is 13.8. The molecule has 0 aliphatic heterocycles. The Kier molecular flexibility index (Phi) is 6.17. The number of halogens is 5. The maximum absolute atomic E-state index is 13.1. The standard InChI is InChI=1S/C17H10Cl2F3N3O2S/c18-10-3-1-9(2-4-10)15-24-25-16(27-15)28-8-14(26)23-13-6-5-11(19)7-12(13)17(20,21)22/h1-7H,8H2,(H,23,26). The van der Waals surface area contributed by atoms with Gasteiger partial charge in [-0.1, -0.05) is 35.0 Å². The van der Waals surface area contributed by atoms with Crippen LogP contribution in [0.5, 0.6) is 0 Å². The molecule has 0 unspecified atom stereocenters. The van der Waals surface area contributed by atoms with Crippen molar-refractivity contribution in [2.24, 2.45) is 0 Å². The van der Waals surface area contributed by atoms with E-state index in [0.717, 1.165) is 23.9 Å². The first-order chi connectivity index (χ1) is 13.2. The van der Waals surface area contributed by atoms with E-state index >= 15 is 0 Å². The minimum Gasteiger partial charge on any atom is -0.411 e. The minimum atomic E-state index is -4.65. The zero-order chi connectivity index (χ0) is 20.3. The number of hydrogen-bond donors (Lipinski definition) is 1. The van der Waals surface area contributed by atoms with Gasteiger partial charge in [-0.2, -0.15) is 13.2 Å². The molecule has 5 nitrogen and oxygen atoms in total. The molecule has 3 rings (SSSR count). The van der Waals surface area contributed by atoms with Crippen molar-refractivity contribution >= 4 is 46.6 Å². The van der Waals surface area contributed by atoms with E-state index in [0.29, 0.717) is 10.6 Å². The largest absolute Gasteiger partial charge is 0.418 e. The molecule has 0 atom stereocenters. The molecule has 0 fully saturated rings. The van der Waals surface area contributed by atoms with Crippen LogP contribution in [-0.2, 0) is 11.0 Å². The van der Waals surface area contributed by atoms with Gasteiger partial charge < -0.3 is 9.73 Å². The second kappa shape index (κ2) is 8.42. The van der Waals surface area contributed by atoms with E-state index in [-0.39, 0.29) is 27.6 Å². The molecule has 1 N–H and O–H groups in total. The highest BCUT2D eigenvalue weighted by atomic mass is 35.5. The van der Waals surface area contributed by atoms with Gasteiger partial charge in [0.2, 0.25) is 11.8 Å². The predicted octanol–water partition coefficient (Wildman–Crippen LogP) is 5.79. The average Bonchev–Trinajstić information content (AvgIpc) is 3.10. The van der Waals surface area contributed by atoms with Crippen molar-refractivity contribution in [3.05, 3.63) is 58.1 Å². The first kappa shape index (κ1) is 20.5. The van der Waals surface area contributed by atoms with Crippen LogP contribution in [0.1, 0.15) is 5.56 Å². The van der Waals surface area contributed by atoms with Crippen molar-refractivity contribution in [1.82, 2.24) is 10.2 Å². The summed E-state index contributed by atoms with van der Waals surface area (Å²) >= 11 is 12.3. The van der Waals surface area contributed by atoms with Gasteiger partial charge in [-0.05, 0) is 42.5 Å². The van der Waals surface area contributed by atoms with Gasteiger partial charge in [0, 0.05) is 15.6 Å². The lowest BCUT2D eigenvalue weighted by Gasteiger charge is -2.13. The minimum absolute atomic E-state index is 0.0831. The highest BCUT2D eigenvalue weighted by Gasteiger charge is 2.34. The lowest BCUT2D eigenvalue weighted by Crippen LogP contribution is -2.18.